The molecule has 20 heavy (non-hydrogen) atoms. The monoisotopic (exact) mass is 275 g/mol. The number of nitrogens with one attached hydrogen (secondary N) is 1. The smallest absolute Gasteiger partial charge is 0.161 e. The number of hydrogen-bond donors (Lipinski definition) is 1. The number of benzene rings is 1. The van der Waals surface area contributed by atoms with Crippen molar-refractivity contribution >= 4 is 5.82 Å². The van der Waals surface area contributed by atoms with Crippen LogP contribution in [-0.2, 0) is 12.8 Å². The van der Waals surface area contributed by atoms with Crippen LogP contribution in [0.15, 0.2) is 18.2 Å². The number of aryl methyl sites for hydroxylation is 1. The molecule has 1 heterocycles. The number of halogens is 2. The number of hydrogen-bond acceptors (Lipinski definition) is 3. The molecular weight excluding hydrogens is 260 g/mol. The maximum atomic E-state index is 13.3. The molecule has 0 atom stereocenters. The molecule has 3 nitrogen and oxygen atoms in total. The molecular formula is C15H15F2N3. The first-order valence-electron chi connectivity index (χ1n) is 6.72. The van der Waals surface area contributed by atoms with Crippen molar-refractivity contribution < 1.29 is 8.78 Å². The molecule has 1 aromatic carbocycles. The first-order valence-corrected chi connectivity index (χ1v) is 6.72. The van der Waals surface area contributed by atoms with Crippen LogP contribution in [-0.4, -0.2) is 17.0 Å². The Bertz CT molecular complexity index is 639. The summed E-state index contributed by atoms with van der Waals surface area (Å²) in [5.74, 6) is -0.515. The van der Waals surface area contributed by atoms with Crippen LogP contribution in [0.1, 0.15) is 24.1 Å². The molecule has 3 rings (SSSR count). The molecule has 1 aliphatic carbocycles. The minimum absolute atomic E-state index is 0.439. The third-order valence-corrected chi connectivity index (χ3v) is 3.60. The normalized spacial score (nSPS) is 13.9. The van der Waals surface area contributed by atoms with E-state index in [0.717, 1.165) is 54.9 Å². The fraction of sp³-hybridized carbons (Fsp3) is 0.333. The number of rotatable bonds is 2. The van der Waals surface area contributed by atoms with Crippen LogP contribution >= 0.6 is 0 Å². The minimum atomic E-state index is -0.880. The molecule has 1 N–H and O–H groups in total. The predicted octanol–water partition coefficient (Wildman–Crippen LogP) is 3.34. The van der Waals surface area contributed by atoms with Gasteiger partial charge in [0.2, 0.25) is 0 Å². The van der Waals surface area contributed by atoms with E-state index in [-0.39, 0.29) is 0 Å². The molecule has 5 heteroatoms. The van der Waals surface area contributed by atoms with Crippen molar-refractivity contribution in [3.63, 3.8) is 0 Å². The molecule has 0 bridgehead atoms. The Morgan fingerprint density at radius 2 is 1.85 bits per heavy atom. The van der Waals surface area contributed by atoms with Gasteiger partial charge >= 0.3 is 0 Å². The number of aromatic nitrogens is 2. The maximum Gasteiger partial charge on any atom is 0.161 e. The van der Waals surface area contributed by atoms with Crippen LogP contribution in [0.4, 0.5) is 14.6 Å². The van der Waals surface area contributed by atoms with Gasteiger partial charge in [-0.25, -0.2) is 18.7 Å². The Morgan fingerprint density at radius 1 is 1.05 bits per heavy atom. The third kappa shape index (κ3) is 2.24. The average molecular weight is 275 g/mol. The zero-order valence-corrected chi connectivity index (χ0v) is 11.2. The molecule has 1 aromatic heterocycles. The molecule has 2 aromatic rings. The lowest BCUT2D eigenvalue weighted by molar-refractivity contribution is 0.509. The molecule has 0 aliphatic heterocycles. The van der Waals surface area contributed by atoms with Crippen LogP contribution in [0.5, 0.6) is 0 Å². The molecule has 0 saturated carbocycles. The lowest BCUT2D eigenvalue weighted by Crippen LogP contribution is -2.12. The van der Waals surface area contributed by atoms with E-state index in [9.17, 15) is 8.78 Å². The Labute approximate surface area is 116 Å². The van der Waals surface area contributed by atoms with Gasteiger partial charge in [0.1, 0.15) is 5.82 Å². The highest BCUT2D eigenvalue weighted by molar-refractivity contribution is 5.60. The topological polar surface area (TPSA) is 37.8 Å². The van der Waals surface area contributed by atoms with Crippen molar-refractivity contribution in [1.82, 2.24) is 9.97 Å². The zero-order chi connectivity index (χ0) is 14.1. The van der Waals surface area contributed by atoms with Gasteiger partial charge in [-0.15, -0.1) is 0 Å². The van der Waals surface area contributed by atoms with Crippen molar-refractivity contribution in [1.29, 1.82) is 0 Å². The van der Waals surface area contributed by atoms with Crippen molar-refractivity contribution in [3.05, 3.63) is 41.1 Å². The van der Waals surface area contributed by atoms with Crippen molar-refractivity contribution in [2.75, 3.05) is 12.4 Å². The Hall–Kier alpha value is -2.04. The van der Waals surface area contributed by atoms with Gasteiger partial charge in [0.15, 0.2) is 17.5 Å². The third-order valence-electron chi connectivity index (χ3n) is 3.60. The maximum absolute atomic E-state index is 13.3. The van der Waals surface area contributed by atoms with E-state index in [1.807, 2.05) is 7.05 Å². The Kier molecular flexibility index (Phi) is 3.34. The fourth-order valence-electron chi connectivity index (χ4n) is 2.57. The van der Waals surface area contributed by atoms with Gasteiger partial charge in [-0.1, -0.05) is 0 Å². The van der Waals surface area contributed by atoms with Gasteiger partial charge < -0.3 is 5.32 Å². The van der Waals surface area contributed by atoms with E-state index in [1.165, 1.54) is 6.07 Å². The standard InChI is InChI=1S/C15H15F2N3/c1-18-15-10-4-2-3-5-13(10)19-14(20-15)9-6-7-11(16)12(17)8-9/h6-8H,2-5H2,1H3,(H,18,19,20). The van der Waals surface area contributed by atoms with Crippen LogP contribution in [0, 0.1) is 11.6 Å². The summed E-state index contributed by atoms with van der Waals surface area (Å²) in [4.78, 5) is 8.96. The molecule has 1 aliphatic rings. The summed E-state index contributed by atoms with van der Waals surface area (Å²) in [7, 11) is 1.81. The van der Waals surface area contributed by atoms with Gasteiger partial charge in [0.25, 0.3) is 0 Å². The SMILES string of the molecule is CNc1nc(-c2ccc(F)c(F)c2)nc2c1CCCC2. The summed E-state index contributed by atoms with van der Waals surface area (Å²) in [5, 5.41) is 3.07. The van der Waals surface area contributed by atoms with Gasteiger partial charge in [-0.05, 0) is 43.9 Å². The second-order valence-electron chi connectivity index (χ2n) is 4.91. The van der Waals surface area contributed by atoms with E-state index in [4.69, 9.17) is 0 Å². The van der Waals surface area contributed by atoms with E-state index < -0.39 is 11.6 Å². The lowest BCUT2D eigenvalue weighted by atomic mass is 9.96. The van der Waals surface area contributed by atoms with E-state index in [0.29, 0.717) is 11.4 Å². The highest BCUT2D eigenvalue weighted by Crippen LogP contribution is 2.28. The average Bonchev–Trinajstić information content (AvgIpc) is 2.49. The minimum Gasteiger partial charge on any atom is -0.373 e. The Morgan fingerprint density at radius 3 is 2.60 bits per heavy atom. The van der Waals surface area contributed by atoms with E-state index >= 15 is 0 Å². The number of anilines is 1. The first-order chi connectivity index (χ1) is 9.69. The molecule has 0 saturated heterocycles. The summed E-state index contributed by atoms with van der Waals surface area (Å²) < 4.78 is 26.3. The second kappa shape index (κ2) is 5.15. The fourth-order valence-corrected chi connectivity index (χ4v) is 2.57. The summed E-state index contributed by atoms with van der Waals surface area (Å²) in [5.41, 5.74) is 2.65. The quantitative estimate of drug-likeness (QED) is 0.913. The molecule has 0 radical (unpaired) electrons. The van der Waals surface area contributed by atoms with Crippen LogP contribution < -0.4 is 5.32 Å². The van der Waals surface area contributed by atoms with Crippen molar-refractivity contribution in [2.24, 2.45) is 0 Å². The van der Waals surface area contributed by atoms with E-state index in [1.54, 1.807) is 0 Å². The predicted molar refractivity (Wildman–Crippen MR) is 73.6 cm³/mol. The van der Waals surface area contributed by atoms with Gasteiger partial charge in [-0.2, -0.15) is 0 Å². The largest absolute Gasteiger partial charge is 0.373 e. The lowest BCUT2D eigenvalue weighted by Gasteiger charge is -2.18. The molecule has 104 valence electrons. The summed E-state index contributed by atoms with van der Waals surface area (Å²) in [6.07, 6.45) is 4.10. The van der Waals surface area contributed by atoms with Gasteiger partial charge in [0.05, 0.1) is 0 Å². The summed E-state index contributed by atoms with van der Waals surface area (Å²) in [6.45, 7) is 0. The van der Waals surface area contributed by atoms with Crippen molar-refractivity contribution in [3.8, 4) is 11.4 Å². The van der Waals surface area contributed by atoms with Crippen LogP contribution in [0.25, 0.3) is 11.4 Å². The molecule has 0 unspecified atom stereocenters. The first kappa shape index (κ1) is 13.0. The van der Waals surface area contributed by atoms with E-state index in [2.05, 4.69) is 15.3 Å². The summed E-state index contributed by atoms with van der Waals surface area (Å²) >= 11 is 0. The van der Waals surface area contributed by atoms with Crippen LogP contribution in [0.3, 0.4) is 0 Å². The van der Waals surface area contributed by atoms with Gasteiger partial charge in [0, 0.05) is 23.9 Å². The molecule has 0 fully saturated rings. The highest BCUT2D eigenvalue weighted by Gasteiger charge is 2.18. The second-order valence-corrected chi connectivity index (χ2v) is 4.91. The molecule has 0 amide bonds. The molecule has 0 spiro atoms. The van der Waals surface area contributed by atoms with Crippen molar-refractivity contribution in [2.45, 2.75) is 25.7 Å². The summed E-state index contributed by atoms with van der Waals surface area (Å²) in [6, 6.07) is 3.74. The zero-order valence-electron chi connectivity index (χ0n) is 11.2. The van der Waals surface area contributed by atoms with Crippen LogP contribution in [0.2, 0.25) is 0 Å². The van der Waals surface area contributed by atoms with Gasteiger partial charge in [-0.3, -0.25) is 0 Å². The number of fused-ring (bicyclic) bond motifs is 1. The Balaban J connectivity index is 2.11. The highest BCUT2D eigenvalue weighted by atomic mass is 19.2. The number of nitrogens with zero attached hydrogens (tertiary/aromatic N) is 2.